The molecular weight excluding hydrogens is 296 g/mol. The maximum absolute atomic E-state index is 12.3. The van der Waals surface area contributed by atoms with Crippen LogP contribution in [0.2, 0.25) is 0 Å². The van der Waals surface area contributed by atoms with Crippen molar-refractivity contribution in [2.24, 2.45) is 4.99 Å². The van der Waals surface area contributed by atoms with E-state index in [9.17, 15) is 4.79 Å². The number of hydrogen-bond donors (Lipinski definition) is 2. The molecule has 1 aromatic heterocycles. The predicted molar refractivity (Wildman–Crippen MR) is 92.3 cm³/mol. The van der Waals surface area contributed by atoms with Gasteiger partial charge in [-0.3, -0.25) is 9.79 Å². The van der Waals surface area contributed by atoms with Crippen molar-refractivity contribution in [1.82, 2.24) is 15.5 Å². The zero-order chi connectivity index (χ0) is 15.8. The zero-order valence-electron chi connectivity index (χ0n) is 13.5. The number of nitrogens with zero attached hydrogens (tertiary/aromatic N) is 2. The van der Waals surface area contributed by atoms with Crippen LogP contribution in [0.1, 0.15) is 37.1 Å². The van der Waals surface area contributed by atoms with Gasteiger partial charge < -0.3 is 15.5 Å². The van der Waals surface area contributed by atoms with Crippen molar-refractivity contribution >= 4 is 23.2 Å². The molecule has 0 aromatic carbocycles. The number of fused-ring (bicyclic) bond motifs is 1. The topological polar surface area (TPSA) is 56.7 Å². The van der Waals surface area contributed by atoms with Crippen LogP contribution < -0.4 is 10.6 Å². The monoisotopic (exact) mass is 322 g/mol. The smallest absolute Gasteiger partial charge is 0.224 e. The summed E-state index contributed by atoms with van der Waals surface area (Å²) < 4.78 is 0. The first kappa shape index (κ1) is 16.8. The lowest BCUT2D eigenvalue weighted by molar-refractivity contribution is -0.131. The minimum atomic E-state index is 0.218. The molecule has 0 atom stereocenters. The highest BCUT2D eigenvalue weighted by atomic mass is 32.1. The molecule has 1 amide bonds. The lowest BCUT2D eigenvalue weighted by Gasteiger charge is -2.27. The second-order valence-corrected chi connectivity index (χ2v) is 6.37. The van der Waals surface area contributed by atoms with Gasteiger partial charge in [-0.1, -0.05) is 6.92 Å². The third-order valence-corrected chi connectivity index (χ3v) is 4.65. The molecule has 6 heteroatoms. The molecule has 0 unspecified atom stereocenters. The Hall–Kier alpha value is -1.56. The fourth-order valence-corrected chi connectivity index (χ4v) is 3.36. The normalized spacial score (nSPS) is 14.6. The highest BCUT2D eigenvalue weighted by Gasteiger charge is 2.20. The molecule has 0 spiro atoms. The lowest BCUT2D eigenvalue weighted by Crippen LogP contribution is -2.41. The van der Waals surface area contributed by atoms with E-state index >= 15 is 0 Å². The highest BCUT2D eigenvalue weighted by Crippen LogP contribution is 2.24. The van der Waals surface area contributed by atoms with E-state index in [4.69, 9.17) is 0 Å². The van der Waals surface area contributed by atoms with Crippen molar-refractivity contribution < 1.29 is 4.79 Å². The maximum Gasteiger partial charge on any atom is 0.224 e. The molecule has 2 N–H and O–H groups in total. The number of amides is 1. The van der Waals surface area contributed by atoms with Gasteiger partial charge in [0.2, 0.25) is 5.91 Å². The summed E-state index contributed by atoms with van der Waals surface area (Å²) in [5.74, 6) is 1.02. The van der Waals surface area contributed by atoms with Gasteiger partial charge in [0.05, 0.1) is 0 Å². The van der Waals surface area contributed by atoms with E-state index in [1.165, 1.54) is 10.4 Å². The van der Waals surface area contributed by atoms with Gasteiger partial charge in [0.15, 0.2) is 5.96 Å². The maximum atomic E-state index is 12.3. The number of rotatable bonds is 6. The van der Waals surface area contributed by atoms with Gasteiger partial charge in [0, 0.05) is 44.0 Å². The molecule has 1 aliphatic rings. The van der Waals surface area contributed by atoms with Crippen LogP contribution in [0.3, 0.4) is 0 Å². The van der Waals surface area contributed by atoms with Crippen molar-refractivity contribution in [2.75, 3.05) is 26.2 Å². The summed E-state index contributed by atoms with van der Waals surface area (Å²) in [5, 5.41) is 8.55. The fourth-order valence-electron chi connectivity index (χ4n) is 2.47. The number of nitrogens with one attached hydrogen (secondary N) is 2. The first-order valence-corrected chi connectivity index (χ1v) is 8.97. The Morgan fingerprint density at radius 2 is 2.27 bits per heavy atom. The first-order valence-electron chi connectivity index (χ1n) is 8.09. The molecule has 1 aromatic rings. The SMILES string of the molecule is CCCN=C(NCC)NCCC(=O)N1CCc2sccc2C1. The average molecular weight is 322 g/mol. The van der Waals surface area contributed by atoms with Crippen molar-refractivity contribution in [3.63, 3.8) is 0 Å². The van der Waals surface area contributed by atoms with Crippen LogP contribution >= 0.6 is 11.3 Å². The Labute approximate surface area is 136 Å². The molecule has 2 rings (SSSR count). The number of guanidine groups is 1. The van der Waals surface area contributed by atoms with Crippen LogP contribution in [0.15, 0.2) is 16.4 Å². The molecule has 0 saturated carbocycles. The molecule has 2 heterocycles. The Bertz CT molecular complexity index is 512. The Morgan fingerprint density at radius 3 is 3.05 bits per heavy atom. The molecule has 0 saturated heterocycles. The van der Waals surface area contributed by atoms with Crippen molar-refractivity contribution in [3.05, 3.63) is 21.9 Å². The Balaban J connectivity index is 1.76. The number of aliphatic imine (C=N–C) groups is 1. The van der Waals surface area contributed by atoms with Gasteiger partial charge in [0.1, 0.15) is 0 Å². The summed E-state index contributed by atoms with van der Waals surface area (Å²) >= 11 is 1.80. The quantitative estimate of drug-likeness (QED) is 0.622. The van der Waals surface area contributed by atoms with E-state index in [0.29, 0.717) is 13.0 Å². The van der Waals surface area contributed by atoms with E-state index in [1.807, 2.05) is 11.8 Å². The van der Waals surface area contributed by atoms with Crippen molar-refractivity contribution in [3.8, 4) is 0 Å². The number of hydrogen-bond acceptors (Lipinski definition) is 3. The summed E-state index contributed by atoms with van der Waals surface area (Å²) in [4.78, 5) is 20.1. The minimum Gasteiger partial charge on any atom is -0.357 e. The van der Waals surface area contributed by atoms with Crippen molar-refractivity contribution in [2.45, 2.75) is 39.7 Å². The summed E-state index contributed by atoms with van der Waals surface area (Å²) in [6.07, 6.45) is 2.52. The summed E-state index contributed by atoms with van der Waals surface area (Å²) in [6, 6.07) is 2.14. The van der Waals surface area contributed by atoms with Crippen LogP contribution in [0.5, 0.6) is 0 Å². The molecule has 1 aliphatic heterocycles. The molecule has 0 radical (unpaired) electrons. The van der Waals surface area contributed by atoms with Gasteiger partial charge in [-0.15, -0.1) is 11.3 Å². The number of carbonyl (C=O) groups excluding carboxylic acids is 1. The molecule has 22 heavy (non-hydrogen) atoms. The number of carbonyl (C=O) groups is 1. The van der Waals surface area contributed by atoms with Crippen LogP contribution in [0.25, 0.3) is 0 Å². The first-order chi connectivity index (χ1) is 10.7. The average Bonchev–Trinajstić information content (AvgIpc) is 2.99. The van der Waals surface area contributed by atoms with Gasteiger partial charge in [-0.25, -0.2) is 0 Å². The Kier molecular flexibility index (Phi) is 6.71. The molecule has 0 fully saturated rings. The largest absolute Gasteiger partial charge is 0.357 e. The second-order valence-electron chi connectivity index (χ2n) is 5.37. The van der Waals surface area contributed by atoms with E-state index in [1.54, 1.807) is 11.3 Å². The summed E-state index contributed by atoms with van der Waals surface area (Å²) in [7, 11) is 0. The lowest BCUT2D eigenvalue weighted by atomic mass is 10.1. The summed E-state index contributed by atoms with van der Waals surface area (Å²) in [5.41, 5.74) is 1.32. The second kappa shape index (κ2) is 8.78. The third-order valence-electron chi connectivity index (χ3n) is 3.63. The highest BCUT2D eigenvalue weighted by molar-refractivity contribution is 7.10. The van der Waals surface area contributed by atoms with Crippen LogP contribution in [-0.2, 0) is 17.8 Å². The fraction of sp³-hybridized carbons (Fsp3) is 0.625. The van der Waals surface area contributed by atoms with Gasteiger partial charge in [-0.05, 0) is 36.8 Å². The van der Waals surface area contributed by atoms with Gasteiger partial charge in [0.25, 0.3) is 0 Å². The zero-order valence-corrected chi connectivity index (χ0v) is 14.3. The van der Waals surface area contributed by atoms with E-state index in [0.717, 1.165) is 45.0 Å². The molecule has 122 valence electrons. The third kappa shape index (κ3) is 4.73. The van der Waals surface area contributed by atoms with E-state index < -0.39 is 0 Å². The summed E-state index contributed by atoms with van der Waals surface area (Å²) in [6.45, 7) is 8.01. The van der Waals surface area contributed by atoms with E-state index in [-0.39, 0.29) is 5.91 Å². The molecule has 0 bridgehead atoms. The predicted octanol–water partition coefficient (Wildman–Crippen LogP) is 1.99. The van der Waals surface area contributed by atoms with Crippen LogP contribution in [-0.4, -0.2) is 42.9 Å². The standard InChI is InChI=1S/C16H26N4OS/c1-3-8-18-16(17-4-2)19-9-5-15(21)20-10-6-14-13(12-20)7-11-22-14/h7,11H,3-6,8-10,12H2,1-2H3,(H2,17,18,19). The Morgan fingerprint density at radius 1 is 1.41 bits per heavy atom. The van der Waals surface area contributed by atoms with E-state index in [2.05, 4.69) is 34.0 Å². The molecule has 0 aliphatic carbocycles. The van der Waals surface area contributed by atoms with Gasteiger partial charge in [-0.2, -0.15) is 0 Å². The van der Waals surface area contributed by atoms with Crippen molar-refractivity contribution in [1.29, 1.82) is 0 Å². The van der Waals surface area contributed by atoms with Gasteiger partial charge >= 0.3 is 0 Å². The van der Waals surface area contributed by atoms with Crippen LogP contribution in [0.4, 0.5) is 0 Å². The van der Waals surface area contributed by atoms with Crippen LogP contribution in [0, 0.1) is 0 Å². The minimum absolute atomic E-state index is 0.218. The number of thiophene rings is 1. The molecular formula is C16H26N4OS. The molecule has 5 nitrogen and oxygen atoms in total.